The zero-order valence-corrected chi connectivity index (χ0v) is 14.0. The van der Waals surface area contributed by atoms with Crippen LogP contribution in [0.2, 0.25) is 0 Å². The maximum absolute atomic E-state index is 12.6. The van der Waals surface area contributed by atoms with Gasteiger partial charge < -0.3 is 5.11 Å². The monoisotopic (exact) mass is 356 g/mol. The molecule has 1 aromatic carbocycles. The van der Waals surface area contributed by atoms with Crippen molar-refractivity contribution in [2.24, 2.45) is 0 Å². The van der Waals surface area contributed by atoms with Crippen LogP contribution in [0.5, 0.6) is 0 Å². The molecule has 0 spiro atoms. The summed E-state index contributed by atoms with van der Waals surface area (Å²) in [7, 11) is 0. The molecule has 0 atom stereocenters. The summed E-state index contributed by atoms with van der Waals surface area (Å²) in [5.74, 6) is -1.10. The Morgan fingerprint density at radius 1 is 1.25 bits per heavy atom. The Balaban J connectivity index is 1.84. The number of carbonyl (C=O) groups is 2. The summed E-state index contributed by atoms with van der Waals surface area (Å²) in [4.78, 5) is 29.5. The highest BCUT2D eigenvalue weighted by atomic mass is 32.2. The number of benzene rings is 1. The van der Waals surface area contributed by atoms with Crippen molar-refractivity contribution in [1.29, 1.82) is 0 Å². The van der Waals surface area contributed by atoms with Gasteiger partial charge in [0.2, 0.25) is 0 Å². The van der Waals surface area contributed by atoms with Crippen LogP contribution in [-0.4, -0.2) is 26.3 Å². The quantitative estimate of drug-likeness (QED) is 0.670. The van der Waals surface area contributed by atoms with E-state index in [-0.39, 0.29) is 12.3 Å². The van der Waals surface area contributed by atoms with Crippen LogP contribution >= 0.6 is 24.0 Å². The van der Waals surface area contributed by atoms with E-state index in [1.807, 2.05) is 12.1 Å². The number of carbonyl (C=O) groups excluding carboxylic acids is 1. The summed E-state index contributed by atoms with van der Waals surface area (Å²) < 4.78 is 0.438. The summed E-state index contributed by atoms with van der Waals surface area (Å²) in [6.45, 7) is 0. The lowest BCUT2D eigenvalue weighted by Crippen LogP contribution is -2.27. The Morgan fingerprint density at radius 3 is 2.62 bits per heavy atom. The average Bonchev–Trinajstić information content (AvgIpc) is 2.83. The fourth-order valence-electron chi connectivity index (χ4n) is 2.22. The Labute approximate surface area is 148 Å². The number of anilines is 1. The van der Waals surface area contributed by atoms with E-state index in [4.69, 9.17) is 17.3 Å². The molecular weight excluding hydrogens is 344 g/mol. The van der Waals surface area contributed by atoms with E-state index in [1.54, 1.807) is 42.6 Å². The zero-order valence-electron chi connectivity index (χ0n) is 12.4. The van der Waals surface area contributed by atoms with Gasteiger partial charge in [-0.15, -0.1) is 0 Å². The second-order valence-electron chi connectivity index (χ2n) is 5.01. The first-order valence-corrected chi connectivity index (χ1v) is 8.27. The first-order valence-electron chi connectivity index (χ1n) is 7.04. The van der Waals surface area contributed by atoms with Crippen molar-refractivity contribution in [3.63, 3.8) is 0 Å². The van der Waals surface area contributed by atoms with Crippen LogP contribution in [0.15, 0.2) is 53.6 Å². The highest BCUT2D eigenvalue weighted by molar-refractivity contribution is 8.27. The molecule has 2 aromatic rings. The van der Waals surface area contributed by atoms with Gasteiger partial charge in [0.15, 0.2) is 4.32 Å². The largest absolute Gasteiger partial charge is 0.481 e. The molecule has 3 rings (SSSR count). The van der Waals surface area contributed by atoms with Crippen LogP contribution in [0.25, 0.3) is 6.08 Å². The number of aromatic nitrogens is 1. The minimum absolute atomic E-state index is 0.0573. The van der Waals surface area contributed by atoms with Crippen molar-refractivity contribution in [2.45, 2.75) is 6.42 Å². The molecule has 1 aliphatic rings. The number of hydrogen-bond acceptors (Lipinski definition) is 5. The van der Waals surface area contributed by atoms with Gasteiger partial charge in [0.25, 0.3) is 5.91 Å². The number of hydrogen-bond donors (Lipinski definition) is 1. The number of thiocarbonyl (C=S) groups is 1. The standard InChI is InChI=1S/C17H12N2O3S2/c20-15(21)9-11-4-6-13(7-5-11)19-16(22)14(24-17(19)23)10-12-3-1-2-8-18-12/h1-8,10H,9H2,(H,20,21). The lowest BCUT2D eigenvalue weighted by molar-refractivity contribution is -0.136. The predicted octanol–water partition coefficient (Wildman–Crippen LogP) is 3.11. The van der Waals surface area contributed by atoms with E-state index in [0.717, 1.165) is 0 Å². The highest BCUT2D eigenvalue weighted by Gasteiger charge is 2.33. The van der Waals surface area contributed by atoms with Gasteiger partial charge in [0.05, 0.1) is 22.7 Å². The zero-order chi connectivity index (χ0) is 17.1. The molecule has 0 unspecified atom stereocenters. The molecule has 1 aromatic heterocycles. The molecular formula is C17H12N2O3S2. The second kappa shape index (κ2) is 6.94. The maximum Gasteiger partial charge on any atom is 0.307 e. The fourth-order valence-corrected chi connectivity index (χ4v) is 3.51. The second-order valence-corrected chi connectivity index (χ2v) is 6.68. The van der Waals surface area contributed by atoms with Crippen LogP contribution in [0.1, 0.15) is 11.3 Å². The Hall–Kier alpha value is -2.51. The molecule has 0 bridgehead atoms. The number of aliphatic carboxylic acids is 1. The molecule has 1 amide bonds. The highest BCUT2D eigenvalue weighted by Crippen LogP contribution is 2.35. The average molecular weight is 356 g/mol. The number of carboxylic acids is 1. The third kappa shape index (κ3) is 3.52. The van der Waals surface area contributed by atoms with Crippen molar-refractivity contribution in [1.82, 2.24) is 4.98 Å². The van der Waals surface area contributed by atoms with E-state index in [0.29, 0.717) is 26.2 Å². The Bertz CT molecular complexity index is 833. The normalized spacial score (nSPS) is 16.0. The van der Waals surface area contributed by atoms with Crippen molar-refractivity contribution in [3.8, 4) is 0 Å². The molecule has 2 heterocycles. The smallest absolute Gasteiger partial charge is 0.307 e. The molecule has 1 saturated heterocycles. The molecule has 0 radical (unpaired) electrons. The lowest BCUT2D eigenvalue weighted by atomic mass is 10.1. The molecule has 0 aliphatic carbocycles. The molecule has 7 heteroatoms. The summed E-state index contributed by atoms with van der Waals surface area (Å²) in [5.41, 5.74) is 1.98. The predicted molar refractivity (Wildman–Crippen MR) is 97.7 cm³/mol. The van der Waals surface area contributed by atoms with Gasteiger partial charge in [0.1, 0.15) is 0 Å². The van der Waals surface area contributed by atoms with E-state index in [9.17, 15) is 9.59 Å². The van der Waals surface area contributed by atoms with Crippen LogP contribution < -0.4 is 4.90 Å². The van der Waals surface area contributed by atoms with Crippen molar-refractivity contribution >= 4 is 51.9 Å². The van der Waals surface area contributed by atoms with Gasteiger partial charge in [-0.25, -0.2) is 0 Å². The van der Waals surface area contributed by atoms with Gasteiger partial charge in [-0.05, 0) is 35.9 Å². The summed E-state index contributed by atoms with van der Waals surface area (Å²) in [6, 6.07) is 12.2. The van der Waals surface area contributed by atoms with Crippen molar-refractivity contribution in [2.75, 3.05) is 4.90 Å². The summed E-state index contributed by atoms with van der Waals surface area (Å²) >= 11 is 6.53. The van der Waals surface area contributed by atoms with E-state index in [1.165, 1.54) is 16.7 Å². The van der Waals surface area contributed by atoms with Gasteiger partial charge in [-0.2, -0.15) is 0 Å². The Morgan fingerprint density at radius 2 is 2.00 bits per heavy atom. The van der Waals surface area contributed by atoms with Crippen LogP contribution in [-0.2, 0) is 16.0 Å². The van der Waals surface area contributed by atoms with E-state index >= 15 is 0 Å². The first-order chi connectivity index (χ1) is 11.5. The number of rotatable bonds is 4. The van der Waals surface area contributed by atoms with Crippen LogP contribution in [0.4, 0.5) is 5.69 Å². The molecule has 1 fully saturated rings. The van der Waals surface area contributed by atoms with Gasteiger partial charge in [0, 0.05) is 6.20 Å². The van der Waals surface area contributed by atoms with Crippen molar-refractivity contribution in [3.05, 3.63) is 64.8 Å². The van der Waals surface area contributed by atoms with Crippen LogP contribution in [0.3, 0.4) is 0 Å². The molecule has 1 N–H and O–H groups in total. The maximum atomic E-state index is 12.6. The number of carboxylic acid groups (broad SMARTS) is 1. The lowest BCUT2D eigenvalue weighted by Gasteiger charge is -2.14. The number of pyridine rings is 1. The van der Waals surface area contributed by atoms with E-state index in [2.05, 4.69) is 4.98 Å². The summed E-state index contributed by atoms with van der Waals surface area (Å²) in [6.07, 6.45) is 3.31. The third-order valence-electron chi connectivity index (χ3n) is 3.31. The molecule has 120 valence electrons. The minimum Gasteiger partial charge on any atom is -0.481 e. The third-order valence-corrected chi connectivity index (χ3v) is 4.61. The van der Waals surface area contributed by atoms with Crippen LogP contribution in [0, 0.1) is 0 Å². The van der Waals surface area contributed by atoms with Gasteiger partial charge in [-0.3, -0.25) is 19.5 Å². The molecule has 5 nitrogen and oxygen atoms in total. The number of thioether (sulfide) groups is 1. The topological polar surface area (TPSA) is 70.5 Å². The molecule has 1 aliphatic heterocycles. The fraction of sp³-hybridized carbons (Fsp3) is 0.0588. The van der Waals surface area contributed by atoms with E-state index < -0.39 is 5.97 Å². The Kier molecular flexibility index (Phi) is 4.73. The number of nitrogens with zero attached hydrogens (tertiary/aromatic N) is 2. The molecule has 0 saturated carbocycles. The van der Waals surface area contributed by atoms with Gasteiger partial charge >= 0.3 is 5.97 Å². The van der Waals surface area contributed by atoms with Gasteiger partial charge in [-0.1, -0.05) is 42.2 Å². The SMILES string of the molecule is O=C(O)Cc1ccc(N2C(=O)C(=Cc3ccccn3)SC2=S)cc1. The summed E-state index contributed by atoms with van der Waals surface area (Å²) in [5, 5.41) is 8.80. The number of amides is 1. The minimum atomic E-state index is -0.897. The van der Waals surface area contributed by atoms with Crippen molar-refractivity contribution < 1.29 is 14.7 Å². The first kappa shape index (κ1) is 16.4. The molecule has 24 heavy (non-hydrogen) atoms.